The Labute approximate surface area is 100 Å². The van der Waals surface area contributed by atoms with Crippen LogP contribution >= 0.6 is 0 Å². The van der Waals surface area contributed by atoms with Crippen LogP contribution in [0.3, 0.4) is 0 Å². The zero-order valence-electron chi connectivity index (χ0n) is 10.1. The average molecular weight is 242 g/mol. The molecule has 0 aromatic heterocycles. The third-order valence-corrected chi connectivity index (χ3v) is 2.88. The number of carbonyl (C=O) groups excluding carboxylic acids is 3. The van der Waals surface area contributed by atoms with Gasteiger partial charge in [-0.2, -0.15) is 0 Å². The van der Waals surface area contributed by atoms with Gasteiger partial charge in [0, 0.05) is 6.42 Å². The summed E-state index contributed by atoms with van der Waals surface area (Å²) >= 11 is 0. The summed E-state index contributed by atoms with van der Waals surface area (Å²) in [5.41, 5.74) is 0. The number of ketones is 1. The first-order chi connectivity index (χ1) is 8.15. The third-order valence-electron chi connectivity index (χ3n) is 2.88. The van der Waals surface area contributed by atoms with E-state index in [1.54, 1.807) is 0 Å². The first kappa shape index (κ1) is 13.7. The zero-order valence-corrected chi connectivity index (χ0v) is 10.1. The lowest BCUT2D eigenvalue weighted by atomic mass is 9.98. The van der Waals surface area contributed by atoms with Crippen LogP contribution in [0.5, 0.6) is 0 Å². The summed E-state index contributed by atoms with van der Waals surface area (Å²) in [6.07, 6.45) is 4.41. The van der Waals surface area contributed by atoms with E-state index >= 15 is 0 Å². The fourth-order valence-corrected chi connectivity index (χ4v) is 1.83. The molecule has 0 radical (unpaired) electrons. The quantitative estimate of drug-likeness (QED) is 0.381. The van der Waals surface area contributed by atoms with Crippen molar-refractivity contribution in [1.29, 1.82) is 0 Å². The topological polar surface area (TPSA) is 69.7 Å². The van der Waals surface area contributed by atoms with Gasteiger partial charge in [0.15, 0.2) is 12.4 Å². The molecule has 1 aliphatic rings. The van der Waals surface area contributed by atoms with Crippen LogP contribution in [-0.4, -0.2) is 31.4 Å². The molecule has 0 aliphatic carbocycles. The second-order valence-corrected chi connectivity index (χ2v) is 4.16. The van der Waals surface area contributed by atoms with Gasteiger partial charge in [-0.1, -0.05) is 19.3 Å². The number of carbonyl (C=O) groups is 3. The highest BCUT2D eigenvalue weighted by atomic mass is 16.5. The number of cyclic esters (lactones) is 1. The zero-order chi connectivity index (χ0) is 12.7. The molecule has 1 aliphatic heterocycles. The molecule has 0 aromatic rings. The molecule has 1 rings (SSSR count). The van der Waals surface area contributed by atoms with Crippen molar-refractivity contribution in [2.75, 3.05) is 13.7 Å². The van der Waals surface area contributed by atoms with Crippen LogP contribution in [0.25, 0.3) is 0 Å². The van der Waals surface area contributed by atoms with E-state index in [2.05, 4.69) is 9.47 Å². The minimum absolute atomic E-state index is 0.0637. The van der Waals surface area contributed by atoms with Crippen LogP contribution in [0, 0.1) is 5.92 Å². The number of hydrogen-bond donors (Lipinski definition) is 0. The Kier molecular flexibility index (Phi) is 5.66. The lowest BCUT2D eigenvalue weighted by Crippen LogP contribution is -2.15. The molecule has 0 aromatic carbocycles. The van der Waals surface area contributed by atoms with Gasteiger partial charge in [0.1, 0.15) is 5.92 Å². The normalized spacial score (nSPS) is 19.2. The summed E-state index contributed by atoms with van der Waals surface area (Å²) in [5.74, 6) is -1.23. The lowest BCUT2D eigenvalue weighted by molar-refractivity contribution is -0.142. The van der Waals surface area contributed by atoms with Crippen LogP contribution < -0.4 is 0 Å². The maximum absolute atomic E-state index is 11.2. The molecule has 1 saturated heterocycles. The van der Waals surface area contributed by atoms with Gasteiger partial charge in [0.05, 0.1) is 7.11 Å². The minimum Gasteiger partial charge on any atom is -0.469 e. The van der Waals surface area contributed by atoms with Gasteiger partial charge in [-0.3, -0.25) is 14.4 Å². The number of hydrogen-bond acceptors (Lipinski definition) is 5. The summed E-state index contributed by atoms with van der Waals surface area (Å²) in [4.78, 5) is 33.2. The molecular formula is C12H18O5. The van der Waals surface area contributed by atoms with Crippen LogP contribution in [0.4, 0.5) is 0 Å². The molecule has 1 atom stereocenters. The molecule has 0 bridgehead atoms. The predicted molar refractivity (Wildman–Crippen MR) is 59.2 cm³/mol. The fourth-order valence-electron chi connectivity index (χ4n) is 1.83. The van der Waals surface area contributed by atoms with Crippen molar-refractivity contribution in [3.05, 3.63) is 0 Å². The van der Waals surface area contributed by atoms with Gasteiger partial charge in [-0.05, 0) is 12.8 Å². The van der Waals surface area contributed by atoms with Gasteiger partial charge in [-0.15, -0.1) is 0 Å². The van der Waals surface area contributed by atoms with Crippen molar-refractivity contribution in [3.8, 4) is 0 Å². The molecule has 96 valence electrons. The van der Waals surface area contributed by atoms with Crippen molar-refractivity contribution < 1.29 is 23.9 Å². The Hall–Kier alpha value is -1.39. The molecule has 0 spiro atoms. The van der Waals surface area contributed by atoms with Gasteiger partial charge >= 0.3 is 11.9 Å². The van der Waals surface area contributed by atoms with E-state index in [-0.39, 0.29) is 24.3 Å². The van der Waals surface area contributed by atoms with Crippen LogP contribution in [-0.2, 0) is 23.9 Å². The predicted octanol–water partition coefficient (Wildman–Crippen LogP) is 1.24. The summed E-state index contributed by atoms with van der Waals surface area (Å²) in [5, 5.41) is 0. The highest BCUT2D eigenvalue weighted by Gasteiger charge is 2.34. The van der Waals surface area contributed by atoms with Crippen molar-refractivity contribution in [2.24, 2.45) is 5.92 Å². The SMILES string of the molecule is COC(=O)CCCCCCC1C(=O)COC1=O. The Balaban J connectivity index is 2.02. The maximum Gasteiger partial charge on any atom is 0.317 e. The third kappa shape index (κ3) is 4.54. The molecule has 1 fully saturated rings. The Morgan fingerprint density at radius 2 is 2.00 bits per heavy atom. The molecule has 0 N–H and O–H groups in total. The molecular weight excluding hydrogens is 224 g/mol. The molecule has 0 saturated carbocycles. The molecule has 0 amide bonds. The maximum atomic E-state index is 11.2. The highest BCUT2D eigenvalue weighted by molar-refractivity contribution is 6.04. The summed E-state index contributed by atoms with van der Waals surface area (Å²) < 4.78 is 9.17. The van der Waals surface area contributed by atoms with Gasteiger partial charge in [-0.25, -0.2) is 0 Å². The minimum atomic E-state index is -0.546. The molecule has 5 nitrogen and oxygen atoms in total. The van der Waals surface area contributed by atoms with Crippen LogP contribution in [0.15, 0.2) is 0 Å². The smallest absolute Gasteiger partial charge is 0.317 e. The van der Waals surface area contributed by atoms with Gasteiger partial charge < -0.3 is 9.47 Å². The van der Waals surface area contributed by atoms with Crippen molar-refractivity contribution in [2.45, 2.75) is 38.5 Å². The van der Waals surface area contributed by atoms with Crippen molar-refractivity contribution >= 4 is 17.7 Å². The Morgan fingerprint density at radius 3 is 2.59 bits per heavy atom. The highest BCUT2D eigenvalue weighted by Crippen LogP contribution is 2.18. The molecule has 5 heteroatoms. The van der Waals surface area contributed by atoms with Crippen LogP contribution in [0.2, 0.25) is 0 Å². The number of rotatable bonds is 7. The standard InChI is InChI=1S/C12H18O5/c1-16-11(14)7-5-3-2-4-6-9-10(13)8-17-12(9)15/h9H,2-8H2,1H3. The second kappa shape index (κ2) is 7.04. The first-order valence-corrected chi connectivity index (χ1v) is 5.91. The fraction of sp³-hybridized carbons (Fsp3) is 0.750. The second-order valence-electron chi connectivity index (χ2n) is 4.16. The largest absolute Gasteiger partial charge is 0.469 e. The van der Waals surface area contributed by atoms with E-state index in [0.29, 0.717) is 12.8 Å². The summed E-state index contributed by atoms with van der Waals surface area (Å²) in [7, 11) is 1.37. The average Bonchev–Trinajstić information content (AvgIpc) is 2.64. The Bertz CT molecular complexity index is 281. The molecule has 17 heavy (non-hydrogen) atoms. The van der Waals surface area contributed by atoms with E-state index in [0.717, 1.165) is 25.7 Å². The van der Waals surface area contributed by atoms with Crippen LogP contribution in [0.1, 0.15) is 38.5 Å². The van der Waals surface area contributed by atoms with E-state index in [4.69, 9.17) is 0 Å². The van der Waals surface area contributed by atoms with Crippen molar-refractivity contribution in [3.63, 3.8) is 0 Å². The molecule has 1 heterocycles. The number of methoxy groups -OCH3 is 1. The van der Waals surface area contributed by atoms with E-state index in [9.17, 15) is 14.4 Å². The molecule has 1 unspecified atom stereocenters. The lowest BCUT2D eigenvalue weighted by Gasteiger charge is -2.03. The van der Waals surface area contributed by atoms with Gasteiger partial charge in [0.2, 0.25) is 0 Å². The summed E-state index contributed by atoms with van der Waals surface area (Å²) in [6.45, 7) is -0.0637. The van der Waals surface area contributed by atoms with E-state index in [1.165, 1.54) is 7.11 Å². The van der Waals surface area contributed by atoms with E-state index < -0.39 is 5.92 Å². The number of unbranched alkanes of at least 4 members (excludes halogenated alkanes) is 3. The van der Waals surface area contributed by atoms with Gasteiger partial charge in [0.25, 0.3) is 0 Å². The van der Waals surface area contributed by atoms with Crippen molar-refractivity contribution in [1.82, 2.24) is 0 Å². The van der Waals surface area contributed by atoms with E-state index in [1.807, 2.05) is 0 Å². The summed E-state index contributed by atoms with van der Waals surface area (Å²) in [6, 6.07) is 0. The number of ether oxygens (including phenoxy) is 2. The monoisotopic (exact) mass is 242 g/mol. The number of Topliss-reactive ketones (excluding diaryl/α,β-unsaturated/α-hetero) is 1. The Morgan fingerprint density at radius 1 is 1.29 bits per heavy atom. The number of esters is 2. The first-order valence-electron chi connectivity index (χ1n) is 5.91.